The van der Waals surface area contributed by atoms with Crippen molar-refractivity contribution in [1.82, 2.24) is 0 Å². The predicted octanol–water partition coefficient (Wildman–Crippen LogP) is 2.19. The van der Waals surface area contributed by atoms with Gasteiger partial charge in [0.15, 0.2) is 12.2 Å². The Kier molecular flexibility index (Phi) is 11.0. The third-order valence-corrected chi connectivity index (χ3v) is 3.02. The molecule has 0 saturated heterocycles. The molecule has 27 heavy (non-hydrogen) atoms. The second-order valence-corrected chi connectivity index (χ2v) is 7.01. The first kappa shape index (κ1) is 24.6. The summed E-state index contributed by atoms with van der Waals surface area (Å²) >= 11 is 0. The summed E-state index contributed by atoms with van der Waals surface area (Å²) in [5.41, 5.74) is -0.203. The van der Waals surface area contributed by atoms with Gasteiger partial charge in [0.05, 0.1) is 19.6 Å². The molecule has 0 aliphatic heterocycles. The van der Waals surface area contributed by atoms with Crippen LogP contribution in [0.25, 0.3) is 0 Å². The van der Waals surface area contributed by atoms with E-state index in [4.69, 9.17) is 18.9 Å². The zero-order valence-electron chi connectivity index (χ0n) is 16.9. The summed E-state index contributed by atoms with van der Waals surface area (Å²) in [7, 11) is 0. The molecule has 154 valence electrons. The van der Waals surface area contributed by atoms with Crippen molar-refractivity contribution in [3.8, 4) is 0 Å². The average Bonchev–Trinajstić information content (AvgIpc) is 2.56. The van der Waals surface area contributed by atoms with Crippen molar-refractivity contribution < 1.29 is 38.1 Å². The van der Waals surface area contributed by atoms with E-state index in [1.165, 1.54) is 13.8 Å². The van der Waals surface area contributed by atoms with Crippen LogP contribution in [0.1, 0.15) is 48.0 Å². The van der Waals surface area contributed by atoms with E-state index >= 15 is 0 Å². The van der Waals surface area contributed by atoms with Crippen LogP contribution in [0.15, 0.2) is 12.2 Å². The van der Waals surface area contributed by atoms with Crippen LogP contribution in [0.5, 0.6) is 0 Å². The average molecular weight is 386 g/mol. The van der Waals surface area contributed by atoms with E-state index in [0.29, 0.717) is 0 Å². The third kappa shape index (κ3) is 11.0. The van der Waals surface area contributed by atoms with Gasteiger partial charge in [-0.1, -0.05) is 34.3 Å². The van der Waals surface area contributed by atoms with Crippen molar-refractivity contribution in [1.29, 1.82) is 0 Å². The van der Waals surface area contributed by atoms with Crippen LogP contribution >= 0.6 is 0 Å². The lowest BCUT2D eigenvalue weighted by Gasteiger charge is -2.16. The Morgan fingerprint density at radius 3 is 1.56 bits per heavy atom. The minimum Gasteiger partial charge on any atom is -0.463 e. The minimum absolute atomic E-state index is 0.149. The first-order chi connectivity index (χ1) is 12.4. The van der Waals surface area contributed by atoms with Crippen molar-refractivity contribution >= 4 is 23.9 Å². The molecule has 0 N–H and O–H groups in total. The smallest absolute Gasteiger partial charge is 0.347 e. The van der Waals surface area contributed by atoms with Crippen LogP contribution < -0.4 is 0 Å². The lowest BCUT2D eigenvalue weighted by molar-refractivity contribution is -0.168. The van der Waals surface area contributed by atoms with Gasteiger partial charge >= 0.3 is 23.9 Å². The number of hydrogen-bond acceptors (Lipinski definition) is 8. The molecule has 0 fully saturated rings. The summed E-state index contributed by atoms with van der Waals surface area (Å²) in [6.45, 7) is 14.1. The highest BCUT2D eigenvalue weighted by molar-refractivity contribution is 5.95. The van der Waals surface area contributed by atoms with E-state index in [1.807, 2.05) is 27.7 Å². The van der Waals surface area contributed by atoms with E-state index in [0.717, 1.165) is 0 Å². The molecule has 0 amide bonds. The highest BCUT2D eigenvalue weighted by atomic mass is 16.6. The number of carbonyl (C=O) groups excluding carboxylic acids is 4. The maximum absolute atomic E-state index is 11.9. The zero-order valence-corrected chi connectivity index (χ0v) is 16.9. The fraction of sp³-hybridized carbons (Fsp3) is 0.684. The molecule has 0 aliphatic rings. The van der Waals surface area contributed by atoms with E-state index in [9.17, 15) is 19.2 Å². The first-order valence-electron chi connectivity index (χ1n) is 8.85. The van der Waals surface area contributed by atoms with Crippen molar-refractivity contribution in [3.05, 3.63) is 12.2 Å². The summed E-state index contributed by atoms with van der Waals surface area (Å²) in [5, 5.41) is 0. The molecule has 0 spiro atoms. The normalized spacial score (nSPS) is 12.9. The Morgan fingerprint density at radius 1 is 0.741 bits per heavy atom. The molecule has 0 aromatic rings. The maximum atomic E-state index is 11.9. The topological polar surface area (TPSA) is 105 Å². The molecule has 8 nitrogen and oxygen atoms in total. The van der Waals surface area contributed by atoms with E-state index < -0.39 is 42.5 Å². The van der Waals surface area contributed by atoms with Crippen molar-refractivity contribution in [3.63, 3.8) is 0 Å². The number of hydrogen-bond donors (Lipinski definition) is 0. The summed E-state index contributed by atoms with van der Waals surface area (Å²) in [6, 6.07) is 0. The summed E-state index contributed by atoms with van der Waals surface area (Å²) in [4.78, 5) is 47.1. The number of rotatable bonds is 11. The standard InChI is InChI=1S/C19H30O8/c1-11(2)9-24-18(22)14(6)26-16(20)8-13(5)17(21)27-15(7)19(23)25-10-12(3)4/h11-12,14-15H,5,8-10H2,1-4,6-7H3. The monoisotopic (exact) mass is 386 g/mol. The van der Waals surface area contributed by atoms with Crippen molar-refractivity contribution in [2.75, 3.05) is 13.2 Å². The SMILES string of the molecule is C=C(CC(=O)OC(C)C(=O)OCC(C)C)C(=O)OC(C)C(=O)OCC(C)C. The minimum atomic E-state index is -1.13. The molecule has 0 heterocycles. The summed E-state index contributed by atoms with van der Waals surface area (Å²) in [5.74, 6) is -2.81. The second-order valence-electron chi connectivity index (χ2n) is 7.01. The molecule has 0 aliphatic carbocycles. The molecule has 0 saturated carbocycles. The third-order valence-electron chi connectivity index (χ3n) is 3.02. The van der Waals surface area contributed by atoms with Gasteiger partial charge in [0, 0.05) is 5.57 Å². The molecular weight excluding hydrogens is 356 g/mol. The Balaban J connectivity index is 4.37. The highest BCUT2D eigenvalue weighted by Gasteiger charge is 2.24. The molecular formula is C19H30O8. The second kappa shape index (κ2) is 12.1. The molecule has 0 radical (unpaired) electrons. The van der Waals surface area contributed by atoms with Crippen LogP contribution in [0.4, 0.5) is 0 Å². The van der Waals surface area contributed by atoms with Crippen LogP contribution in [-0.4, -0.2) is 49.3 Å². The first-order valence-corrected chi connectivity index (χ1v) is 8.85. The van der Waals surface area contributed by atoms with E-state index in [1.54, 1.807) is 0 Å². The van der Waals surface area contributed by atoms with Gasteiger partial charge < -0.3 is 18.9 Å². The van der Waals surface area contributed by atoms with E-state index in [2.05, 4.69) is 6.58 Å². The van der Waals surface area contributed by atoms with Crippen LogP contribution in [0, 0.1) is 11.8 Å². The molecule has 8 heteroatoms. The highest BCUT2D eigenvalue weighted by Crippen LogP contribution is 2.09. The number of ether oxygens (including phenoxy) is 4. The molecule has 0 aromatic carbocycles. The predicted molar refractivity (Wildman–Crippen MR) is 96.5 cm³/mol. The van der Waals surface area contributed by atoms with Crippen LogP contribution in [0.3, 0.4) is 0 Å². The van der Waals surface area contributed by atoms with Gasteiger partial charge in [0.1, 0.15) is 0 Å². The quantitative estimate of drug-likeness (QED) is 0.302. The van der Waals surface area contributed by atoms with Gasteiger partial charge in [-0.2, -0.15) is 0 Å². The molecule has 0 aromatic heterocycles. The van der Waals surface area contributed by atoms with Gasteiger partial charge in [-0.3, -0.25) is 4.79 Å². The Morgan fingerprint density at radius 2 is 1.15 bits per heavy atom. The lowest BCUT2D eigenvalue weighted by Crippen LogP contribution is -2.29. The van der Waals surface area contributed by atoms with Gasteiger partial charge in [-0.05, 0) is 25.7 Å². The Labute approximate surface area is 160 Å². The van der Waals surface area contributed by atoms with Gasteiger partial charge in [-0.25, -0.2) is 14.4 Å². The largest absolute Gasteiger partial charge is 0.463 e. The molecule has 0 bridgehead atoms. The lowest BCUT2D eigenvalue weighted by atomic mass is 10.2. The van der Waals surface area contributed by atoms with Gasteiger partial charge in [0.25, 0.3) is 0 Å². The fourth-order valence-electron chi connectivity index (χ4n) is 1.56. The molecule has 2 atom stereocenters. The van der Waals surface area contributed by atoms with Gasteiger partial charge in [-0.15, -0.1) is 0 Å². The van der Waals surface area contributed by atoms with Crippen molar-refractivity contribution in [2.24, 2.45) is 11.8 Å². The fourth-order valence-corrected chi connectivity index (χ4v) is 1.56. The van der Waals surface area contributed by atoms with Crippen LogP contribution in [0.2, 0.25) is 0 Å². The Bertz CT molecular complexity index is 550. The summed E-state index contributed by atoms with van der Waals surface area (Å²) in [6.07, 6.45) is -2.71. The van der Waals surface area contributed by atoms with Gasteiger partial charge in [0.2, 0.25) is 0 Å². The zero-order chi connectivity index (χ0) is 21.1. The van der Waals surface area contributed by atoms with Crippen LogP contribution in [-0.2, 0) is 38.1 Å². The Hall–Kier alpha value is -2.38. The van der Waals surface area contributed by atoms with Crippen molar-refractivity contribution in [2.45, 2.75) is 60.2 Å². The molecule has 0 rings (SSSR count). The summed E-state index contributed by atoms with van der Waals surface area (Å²) < 4.78 is 19.7. The maximum Gasteiger partial charge on any atom is 0.347 e. The number of carbonyl (C=O) groups is 4. The number of esters is 4. The molecule has 2 unspecified atom stereocenters. The van der Waals surface area contributed by atoms with E-state index in [-0.39, 0.29) is 30.6 Å².